The summed E-state index contributed by atoms with van der Waals surface area (Å²) in [4.78, 5) is 8.31. The summed E-state index contributed by atoms with van der Waals surface area (Å²) in [6.07, 6.45) is 0. The SMILES string of the molecule is CN=C(NCC(c1ccccc1)N1CCOCC1)NCC(C)(C)c1cccs1. The van der Waals surface area contributed by atoms with E-state index in [0.29, 0.717) is 6.04 Å². The smallest absolute Gasteiger partial charge is 0.191 e. The van der Waals surface area contributed by atoms with Gasteiger partial charge in [-0.1, -0.05) is 50.2 Å². The fraction of sp³-hybridized carbons (Fsp3) is 0.500. The predicted octanol–water partition coefficient (Wildman–Crippen LogP) is 3.26. The zero-order valence-corrected chi connectivity index (χ0v) is 18.0. The molecule has 0 amide bonds. The lowest BCUT2D eigenvalue weighted by atomic mass is 9.91. The van der Waals surface area contributed by atoms with Crippen molar-refractivity contribution in [3.05, 3.63) is 58.3 Å². The molecule has 1 aromatic carbocycles. The molecule has 3 rings (SSSR count). The lowest BCUT2D eigenvalue weighted by Gasteiger charge is -2.35. The van der Waals surface area contributed by atoms with Crippen LogP contribution >= 0.6 is 11.3 Å². The van der Waals surface area contributed by atoms with Crippen molar-refractivity contribution < 1.29 is 4.74 Å². The van der Waals surface area contributed by atoms with Crippen molar-refractivity contribution in [2.75, 3.05) is 46.4 Å². The molecule has 0 radical (unpaired) electrons. The third kappa shape index (κ3) is 5.56. The summed E-state index contributed by atoms with van der Waals surface area (Å²) < 4.78 is 5.55. The average Bonchev–Trinajstić information content (AvgIpc) is 3.28. The van der Waals surface area contributed by atoms with Gasteiger partial charge >= 0.3 is 0 Å². The third-order valence-corrected chi connectivity index (χ3v) is 6.48. The van der Waals surface area contributed by atoms with Crippen molar-refractivity contribution in [1.82, 2.24) is 15.5 Å². The molecule has 0 saturated carbocycles. The van der Waals surface area contributed by atoms with Crippen LogP contribution in [0.2, 0.25) is 0 Å². The van der Waals surface area contributed by atoms with Crippen molar-refractivity contribution in [2.24, 2.45) is 4.99 Å². The van der Waals surface area contributed by atoms with Crippen LogP contribution in [0.3, 0.4) is 0 Å². The summed E-state index contributed by atoms with van der Waals surface area (Å²) in [6.45, 7) is 9.68. The molecule has 152 valence electrons. The number of thiophene rings is 1. The van der Waals surface area contributed by atoms with Gasteiger partial charge in [-0.25, -0.2) is 0 Å². The molecule has 1 unspecified atom stereocenters. The third-order valence-electron chi connectivity index (χ3n) is 5.24. The standard InChI is InChI=1S/C22H32N4OS/c1-22(2,20-10-7-15-28-20)17-25-21(23-3)24-16-19(18-8-5-4-6-9-18)26-11-13-27-14-12-26/h4-10,15,19H,11-14,16-17H2,1-3H3,(H2,23,24,25). The summed E-state index contributed by atoms with van der Waals surface area (Å²) in [5.41, 5.74) is 1.39. The van der Waals surface area contributed by atoms with Crippen LogP contribution in [0.1, 0.15) is 30.3 Å². The summed E-state index contributed by atoms with van der Waals surface area (Å²) in [5.74, 6) is 0.846. The number of aliphatic imine (C=N–C) groups is 1. The lowest BCUT2D eigenvalue weighted by molar-refractivity contribution is 0.0170. The van der Waals surface area contributed by atoms with E-state index in [9.17, 15) is 0 Å². The van der Waals surface area contributed by atoms with Crippen LogP contribution in [0, 0.1) is 0 Å². The first-order chi connectivity index (χ1) is 13.6. The molecule has 1 aromatic heterocycles. The van der Waals surface area contributed by atoms with Gasteiger partial charge in [0.25, 0.3) is 0 Å². The number of guanidine groups is 1. The first-order valence-corrected chi connectivity index (χ1v) is 10.8. The minimum absolute atomic E-state index is 0.0643. The predicted molar refractivity (Wildman–Crippen MR) is 118 cm³/mol. The van der Waals surface area contributed by atoms with E-state index in [0.717, 1.165) is 45.4 Å². The van der Waals surface area contributed by atoms with Crippen LogP contribution in [-0.4, -0.2) is 57.3 Å². The molecule has 1 atom stereocenters. The van der Waals surface area contributed by atoms with Crippen molar-refractivity contribution >= 4 is 17.3 Å². The number of hydrogen-bond donors (Lipinski definition) is 2. The number of benzene rings is 1. The highest BCUT2D eigenvalue weighted by Crippen LogP contribution is 2.26. The number of rotatable bonds is 7. The first-order valence-electron chi connectivity index (χ1n) is 9.95. The second-order valence-electron chi connectivity index (χ2n) is 7.74. The number of nitrogens with zero attached hydrogens (tertiary/aromatic N) is 2. The Hall–Kier alpha value is -1.89. The Bertz CT molecular complexity index is 724. The Kier molecular flexibility index (Phi) is 7.48. The largest absolute Gasteiger partial charge is 0.379 e. The molecule has 0 spiro atoms. The van der Waals surface area contributed by atoms with Gasteiger partial charge < -0.3 is 15.4 Å². The molecular formula is C22H32N4OS. The van der Waals surface area contributed by atoms with Gasteiger partial charge in [0.1, 0.15) is 0 Å². The minimum Gasteiger partial charge on any atom is -0.379 e. The van der Waals surface area contributed by atoms with Gasteiger partial charge in [-0.15, -0.1) is 11.3 Å². The first kappa shape index (κ1) is 20.8. The maximum absolute atomic E-state index is 5.55. The van der Waals surface area contributed by atoms with E-state index in [1.54, 1.807) is 11.3 Å². The maximum Gasteiger partial charge on any atom is 0.191 e. The number of nitrogens with one attached hydrogen (secondary N) is 2. The quantitative estimate of drug-likeness (QED) is 0.553. The van der Waals surface area contributed by atoms with Gasteiger partial charge in [-0.05, 0) is 17.0 Å². The van der Waals surface area contributed by atoms with Gasteiger partial charge in [0, 0.05) is 43.5 Å². The second kappa shape index (κ2) is 10.0. The zero-order chi connectivity index (χ0) is 19.8. The summed E-state index contributed by atoms with van der Waals surface area (Å²) in [6, 6.07) is 15.3. The lowest BCUT2D eigenvalue weighted by Crippen LogP contribution is -2.48. The summed E-state index contributed by atoms with van der Waals surface area (Å²) >= 11 is 1.80. The molecule has 0 bridgehead atoms. The van der Waals surface area contributed by atoms with E-state index in [2.05, 4.69) is 82.2 Å². The van der Waals surface area contributed by atoms with Crippen LogP contribution < -0.4 is 10.6 Å². The average molecular weight is 401 g/mol. The summed E-state index contributed by atoms with van der Waals surface area (Å²) in [7, 11) is 1.83. The Labute approximate surface area is 172 Å². The Morgan fingerprint density at radius 1 is 1.14 bits per heavy atom. The van der Waals surface area contributed by atoms with Crippen LogP contribution in [0.15, 0.2) is 52.8 Å². The van der Waals surface area contributed by atoms with Crippen molar-refractivity contribution in [3.8, 4) is 0 Å². The van der Waals surface area contributed by atoms with Gasteiger partial charge in [0.15, 0.2) is 5.96 Å². The molecule has 2 aromatic rings. The van der Waals surface area contributed by atoms with Crippen LogP contribution in [0.5, 0.6) is 0 Å². The van der Waals surface area contributed by atoms with E-state index in [-0.39, 0.29) is 5.41 Å². The molecule has 1 fully saturated rings. The highest BCUT2D eigenvalue weighted by Gasteiger charge is 2.24. The minimum atomic E-state index is 0.0643. The molecule has 2 N–H and O–H groups in total. The van der Waals surface area contributed by atoms with Crippen LogP contribution in [-0.2, 0) is 10.2 Å². The Morgan fingerprint density at radius 2 is 1.89 bits per heavy atom. The Morgan fingerprint density at radius 3 is 2.54 bits per heavy atom. The van der Waals surface area contributed by atoms with Crippen molar-refractivity contribution in [3.63, 3.8) is 0 Å². The number of ether oxygens (including phenoxy) is 1. The molecule has 1 aliphatic heterocycles. The normalized spacial score (nSPS) is 17.3. The fourth-order valence-corrected chi connectivity index (χ4v) is 4.34. The van der Waals surface area contributed by atoms with E-state index < -0.39 is 0 Å². The van der Waals surface area contributed by atoms with Gasteiger partial charge in [-0.3, -0.25) is 9.89 Å². The zero-order valence-electron chi connectivity index (χ0n) is 17.1. The van der Waals surface area contributed by atoms with Crippen molar-refractivity contribution in [2.45, 2.75) is 25.3 Å². The molecule has 5 nitrogen and oxygen atoms in total. The highest BCUT2D eigenvalue weighted by molar-refractivity contribution is 7.10. The van der Waals surface area contributed by atoms with Gasteiger partial charge in [0.2, 0.25) is 0 Å². The maximum atomic E-state index is 5.55. The monoisotopic (exact) mass is 400 g/mol. The molecule has 2 heterocycles. The van der Waals surface area contributed by atoms with Crippen LogP contribution in [0.25, 0.3) is 0 Å². The van der Waals surface area contributed by atoms with E-state index in [1.807, 2.05) is 7.05 Å². The Balaban J connectivity index is 1.61. The van der Waals surface area contributed by atoms with E-state index >= 15 is 0 Å². The number of morpholine rings is 1. The summed E-state index contributed by atoms with van der Waals surface area (Å²) in [5, 5.41) is 9.19. The van der Waals surface area contributed by atoms with Crippen LogP contribution in [0.4, 0.5) is 0 Å². The van der Waals surface area contributed by atoms with E-state index in [4.69, 9.17) is 4.74 Å². The molecule has 0 aliphatic carbocycles. The second-order valence-corrected chi connectivity index (χ2v) is 8.69. The molecular weight excluding hydrogens is 368 g/mol. The molecule has 6 heteroatoms. The molecule has 1 saturated heterocycles. The number of hydrogen-bond acceptors (Lipinski definition) is 4. The molecule has 1 aliphatic rings. The van der Waals surface area contributed by atoms with E-state index in [1.165, 1.54) is 10.4 Å². The van der Waals surface area contributed by atoms with Crippen molar-refractivity contribution in [1.29, 1.82) is 0 Å². The molecule has 28 heavy (non-hydrogen) atoms. The topological polar surface area (TPSA) is 48.9 Å². The van der Waals surface area contributed by atoms with Gasteiger partial charge in [0.05, 0.1) is 19.3 Å². The van der Waals surface area contributed by atoms with Gasteiger partial charge in [-0.2, -0.15) is 0 Å². The fourth-order valence-electron chi connectivity index (χ4n) is 3.49. The highest BCUT2D eigenvalue weighted by atomic mass is 32.1.